The lowest BCUT2D eigenvalue weighted by Gasteiger charge is -2.08. The van der Waals surface area contributed by atoms with Crippen LogP contribution in [0.25, 0.3) is 0 Å². The average Bonchev–Trinajstić information content (AvgIpc) is 2.37. The Kier molecular flexibility index (Phi) is 8.76. The van der Waals surface area contributed by atoms with E-state index in [1.54, 1.807) is 7.11 Å². The molecule has 0 spiro atoms. The molecule has 0 atom stereocenters. The minimum absolute atomic E-state index is 0.840. The van der Waals surface area contributed by atoms with Crippen molar-refractivity contribution in [3.8, 4) is 0 Å². The molecular formula is C14H22BrNOS. The Morgan fingerprint density at radius 2 is 2.22 bits per heavy atom. The molecule has 1 aromatic carbocycles. The monoisotopic (exact) mass is 331 g/mol. The van der Waals surface area contributed by atoms with E-state index in [0.29, 0.717) is 0 Å². The van der Waals surface area contributed by atoms with Crippen molar-refractivity contribution in [2.24, 2.45) is 0 Å². The van der Waals surface area contributed by atoms with Crippen LogP contribution in [0, 0.1) is 0 Å². The fourth-order valence-corrected chi connectivity index (χ4v) is 3.09. The summed E-state index contributed by atoms with van der Waals surface area (Å²) in [5.74, 6) is 1.10. The van der Waals surface area contributed by atoms with E-state index in [1.807, 2.05) is 11.8 Å². The van der Waals surface area contributed by atoms with Crippen molar-refractivity contribution in [1.29, 1.82) is 0 Å². The van der Waals surface area contributed by atoms with E-state index in [9.17, 15) is 0 Å². The van der Waals surface area contributed by atoms with Gasteiger partial charge in [-0.15, -0.1) is 11.8 Å². The van der Waals surface area contributed by atoms with Crippen molar-refractivity contribution in [3.05, 3.63) is 28.2 Å². The summed E-state index contributed by atoms with van der Waals surface area (Å²) >= 11 is 5.53. The predicted octanol–water partition coefficient (Wildman–Crippen LogP) is 4.08. The van der Waals surface area contributed by atoms with Crippen molar-refractivity contribution in [2.45, 2.75) is 31.2 Å². The van der Waals surface area contributed by atoms with Crippen molar-refractivity contribution in [1.82, 2.24) is 5.32 Å². The molecule has 0 fully saturated rings. The summed E-state index contributed by atoms with van der Waals surface area (Å²) in [7, 11) is 1.75. The zero-order valence-corrected chi connectivity index (χ0v) is 13.6. The minimum Gasteiger partial charge on any atom is -0.385 e. The lowest BCUT2D eigenvalue weighted by atomic mass is 10.2. The molecule has 1 aromatic rings. The van der Waals surface area contributed by atoms with Gasteiger partial charge in [0.2, 0.25) is 0 Å². The zero-order valence-electron chi connectivity index (χ0n) is 11.2. The van der Waals surface area contributed by atoms with Crippen LogP contribution in [0.2, 0.25) is 0 Å². The number of hydrogen-bond acceptors (Lipinski definition) is 3. The van der Waals surface area contributed by atoms with Gasteiger partial charge in [-0.05, 0) is 37.1 Å². The van der Waals surface area contributed by atoms with Crippen LogP contribution in [0.1, 0.15) is 25.3 Å². The summed E-state index contributed by atoms with van der Waals surface area (Å²) in [4.78, 5) is 1.32. The molecule has 4 heteroatoms. The van der Waals surface area contributed by atoms with Gasteiger partial charge in [-0.2, -0.15) is 0 Å². The van der Waals surface area contributed by atoms with E-state index in [0.717, 1.165) is 31.9 Å². The standard InChI is InChI=1S/C14H22BrNOS/c1-3-7-16-11-12-5-6-13(10-14(12)15)18-9-4-8-17-2/h5-6,10,16H,3-4,7-9,11H2,1-2H3. The molecule has 0 heterocycles. The molecule has 0 bridgehead atoms. The molecular weight excluding hydrogens is 310 g/mol. The molecule has 18 heavy (non-hydrogen) atoms. The molecule has 1 N–H and O–H groups in total. The molecule has 102 valence electrons. The van der Waals surface area contributed by atoms with E-state index in [2.05, 4.69) is 46.4 Å². The Hall–Kier alpha value is -0.0300. The number of hydrogen-bond donors (Lipinski definition) is 1. The first-order valence-corrected chi connectivity index (χ1v) is 8.16. The van der Waals surface area contributed by atoms with Crippen LogP contribution in [0.15, 0.2) is 27.6 Å². The summed E-state index contributed by atoms with van der Waals surface area (Å²) in [5, 5.41) is 3.42. The second kappa shape index (κ2) is 9.84. The van der Waals surface area contributed by atoms with Crippen molar-refractivity contribution in [3.63, 3.8) is 0 Å². The topological polar surface area (TPSA) is 21.3 Å². The average molecular weight is 332 g/mol. The van der Waals surface area contributed by atoms with Crippen molar-refractivity contribution >= 4 is 27.7 Å². The Labute approximate surface area is 123 Å². The van der Waals surface area contributed by atoms with E-state index >= 15 is 0 Å². The van der Waals surface area contributed by atoms with Gasteiger partial charge in [0.05, 0.1) is 0 Å². The van der Waals surface area contributed by atoms with Gasteiger partial charge in [0.25, 0.3) is 0 Å². The summed E-state index contributed by atoms with van der Waals surface area (Å²) < 4.78 is 6.24. The summed E-state index contributed by atoms with van der Waals surface area (Å²) in [6.07, 6.45) is 2.27. The van der Waals surface area contributed by atoms with Gasteiger partial charge in [-0.1, -0.05) is 28.9 Å². The molecule has 0 saturated carbocycles. The van der Waals surface area contributed by atoms with Crippen LogP contribution in [0.4, 0.5) is 0 Å². The molecule has 0 amide bonds. The minimum atomic E-state index is 0.840. The van der Waals surface area contributed by atoms with Crippen LogP contribution in [-0.4, -0.2) is 26.0 Å². The third-order valence-corrected chi connectivity index (χ3v) is 4.35. The number of nitrogens with one attached hydrogen (secondary N) is 1. The van der Waals surface area contributed by atoms with Gasteiger partial charge in [0.1, 0.15) is 0 Å². The van der Waals surface area contributed by atoms with E-state index in [-0.39, 0.29) is 0 Å². The maximum absolute atomic E-state index is 5.05. The van der Waals surface area contributed by atoms with Gasteiger partial charge >= 0.3 is 0 Å². The molecule has 1 rings (SSSR count). The number of halogens is 1. The van der Waals surface area contributed by atoms with Gasteiger partial charge in [0.15, 0.2) is 0 Å². The number of rotatable bonds is 9. The van der Waals surface area contributed by atoms with Crippen molar-refractivity contribution in [2.75, 3.05) is 26.0 Å². The fourth-order valence-electron chi connectivity index (χ4n) is 1.55. The number of methoxy groups -OCH3 is 1. The van der Waals surface area contributed by atoms with Gasteiger partial charge in [-0.3, -0.25) is 0 Å². The predicted molar refractivity (Wildman–Crippen MR) is 83.4 cm³/mol. The number of thioether (sulfide) groups is 1. The SMILES string of the molecule is CCCNCc1ccc(SCCCOC)cc1Br. The maximum Gasteiger partial charge on any atom is 0.0470 e. The second-order valence-electron chi connectivity index (χ2n) is 4.12. The largest absolute Gasteiger partial charge is 0.385 e. The first-order chi connectivity index (χ1) is 8.77. The maximum atomic E-state index is 5.05. The lowest BCUT2D eigenvalue weighted by molar-refractivity contribution is 0.200. The zero-order chi connectivity index (χ0) is 13.2. The molecule has 0 aliphatic carbocycles. The highest BCUT2D eigenvalue weighted by atomic mass is 79.9. The second-order valence-corrected chi connectivity index (χ2v) is 6.15. The Bertz CT molecular complexity index is 347. The van der Waals surface area contributed by atoms with Crippen LogP contribution in [-0.2, 0) is 11.3 Å². The molecule has 2 nitrogen and oxygen atoms in total. The summed E-state index contributed by atoms with van der Waals surface area (Å²) in [5.41, 5.74) is 1.32. The molecule has 0 radical (unpaired) electrons. The van der Waals surface area contributed by atoms with Crippen LogP contribution in [0.5, 0.6) is 0 Å². The highest BCUT2D eigenvalue weighted by Crippen LogP contribution is 2.25. The Morgan fingerprint density at radius 1 is 1.39 bits per heavy atom. The van der Waals surface area contributed by atoms with E-state index in [4.69, 9.17) is 4.74 Å². The lowest BCUT2D eigenvalue weighted by Crippen LogP contribution is -2.14. The summed E-state index contributed by atoms with van der Waals surface area (Å²) in [6, 6.07) is 6.61. The van der Waals surface area contributed by atoms with E-state index < -0.39 is 0 Å². The number of ether oxygens (including phenoxy) is 1. The first kappa shape index (κ1) is 16.0. The molecule has 0 saturated heterocycles. The molecule has 0 aliphatic rings. The van der Waals surface area contributed by atoms with Gasteiger partial charge in [-0.25, -0.2) is 0 Å². The molecule has 0 unspecified atom stereocenters. The quantitative estimate of drug-likeness (QED) is 0.544. The third kappa shape index (κ3) is 6.23. The third-order valence-electron chi connectivity index (χ3n) is 2.53. The van der Waals surface area contributed by atoms with Crippen molar-refractivity contribution < 1.29 is 4.74 Å². The van der Waals surface area contributed by atoms with E-state index in [1.165, 1.54) is 21.4 Å². The number of benzene rings is 1. The van der Waals surface area contributed by atoms with Crippen LogP contribution < -0.4 is 5.32 Å². The van der Waals surface area contributed by atoms with Gasteiger partial charge < -0.3 is 10.1 Å². The molecule has 0 aromatic heterocycles. The van der Waals surface area contributed by atoms with Crippen LogP contribution in [0.3, 0.4) is 0 Å². The normalized spacial score (nSPS) is 10.8. The summed E-state index contributed by atoms with van der Waals surface area (Å²) in [6.45, 7) is 5.03. The highest BCUT2D eigenvalue weighted by Gasteiger charge is 2.02. The Balaban J connectivity index is 2.41. The van der Waals surface area contributed by atoms with Gasteiger partial charge in [0, 0.05) is 35.4 Å². The fraction of sp³-hybridized carbons (Fsp3) is 0.571. The first-order valence-electron chi connectivity index (χ1n) is 6.38. The smallest absolute Gasteiger partial charge is 0.0470 e. The highest BCUT2D eigenvalue weighted by molar-refractivity contribution is 9.10. The Morgan fingerprint density at radius 3 is 2.89 bits per heavy atom. The molecule has 0 aliphatic heterocycles. The van der Waals surface area contributed by atoms with Crippen LogP contribution >= 0.6 is 27.7 Å².